The van der Waals surface area contributed by atoms with E-state index in [9.17, 15) is 40.2 Å². The molecule has 0 amide bonds. The fourth-order valence-corrected chi connectivity index (χ4v) is 4.82. The SMILES string of the molecule is C=C1[C@H]2[C@H](O[C@@H]3O[C@H](COC(=O)/C=C/c4ccc(O)c(OC)c4)[C@@H](O)[C@H](O)[C@H]3O)OC=C(C(=O)O)[C@H]2C[C@@H]1O. The second kappa shape index (κ2) is 11.7. The van der Waals surface area contributed by atoms with Crippen molar-refractivity contribution in [2.45, 2.75) is 49.5 Å². The molecule has 0 aromatic heterocycles. The predicted molar refractivity (Wildman–Crippen MR) is 130 cm³/mol. The first-order chi connectivity index (χ1) is 18.5. The van der Waals surface area contributed by atoms with Crippen molar-refractivity contribution in [1.82, 2.24) is 0 Å². The van der Waals surface area contributed by atoms with Crippen molar-refractivity contribution in [3.63, 3.8) is 0 Å². The van der Waals surface area contributed by atoms with Gasteiger partial charge in [-0.15, -0.1) is 0 Å². The molecule has 0 spiro atoms. The van der Waals surface area contributed by atoms with E-state index >= 15 is 0 Å². The fraction of sp³-hybridized carbons (Fsp3) is 0.462. The van der Waals surface area contributed by atoms with Gasteiger partial charge in [-0.3, -0.25) is 0 Å². The Bertz CT molecular complexity index is 1160. The Balaban J connectivity index is 1.40. The number of phenols is 1. The van der Waals surface area contributed by atoms with Gasteiger partial charge < -0.3 is 54.3 Å². The standard InChI is InChI=1S/C26H30O13/c1-11-16(28)8-13-14(24(33)34)9-37-25(20(11)13)39-26-23(32)22(31)21(30)18(38-26)10-36-19(29)6-4-12-3-5-15(27)17(7-12)35-2/h3-7,9,13,16,18,20-23,25-28,30-32H,1,8,10H2,2H3,(H,33,34)/b6-4+/t13-,16+,18-,20-,21-,22+,23-,25+,26+/m1/s1. The van der Waals surface area contributed by atoms with Crippen molar-refractivity contribution in [2.75, 3.05) is 13.7 Å². The van der Waals surface area contributed by atoms with E-state index in [1.807, 2.05) is 0 Å². The smallest absolute Gasteiger partial charge is 0.334 e. The Kier molecular flexibility index (Phi) is 8.59. The number of benzene rings is 1. The topological polar surface area (TPSA) is 202 Å². The quantitative estimate of drug-likeness (QED) is 0.140. The van der Waals surface area contributed by atoms with Crippen LogP contribution < -0.4 is 4.74 Å². The third-order valence-corrected chi connectivity index (χ3v) is 6.98. The maximum atomic E-state index is 12.2. The third kappa shape index (κ3) is 5.93. The monoisotopic (exact) mass is 550 g/mol. The number of aromatic hydroxyl groups is 1. The molecule has 0 radical (unpaired) electrons. The Labute approximate surface area is 222 Å². The molecule has 13 heteroatoms. The number of fused-ring (bicyclic) bond motifs is 1. The summed E-state index contributed by atoms with van der Waals surface area (Å²) in [4.78, 5) is 23.8. The van der Waals surface area contributed by atoms with Gasteiger partial charge in [0.25, 0.3) is 0 Å². The van der Waals surface area contributed by atoms with Crippen LogP contribution in [0.25, 0.3) is 6.08 Å². The Morgan fingerprint density at radius 2 is 1.87 bits per heavy atom. The molecule has 212 valence electrons. The maximum absolute atomic E-state index is 12.2. The minimum Gasteiger partial charge on any atom is -0.504 e. The molecule has 1 aliphatic carbocycles. The number of phenolic OH excluding ortho intramolecular Hbond substituents is 1. The summed E-state index contributed by atoms with van der Waals surface area (Å²) in [7, 11) is 1.38. The lowest BCUT2D eigenvalue weighted by atomic mass is 9.85. The lowest BCUT2D eigenvalue weighted by Crippen LogP contribution is -2.60. The number of esters is 1. The van der Waals surface area contributed by atoms with E-state index < -0.39 is 73.5 Å². The Hall–Kier alpha value is -3.46. The fourth-order valence-electron chi connectivity index (χ4n) is 4.82. The van der Waals surface area contributed by atoms with E-state index in [4.69, 9.17) is 23.7 Å². The van der Waals surface area contributed by atoms with Gasteiger partial charge in [-0.1, -0.05) is 12.6 Å². The van der Waals surface area contributed by atoms with E-state index in [0.29, 0.717) is 5.56 Å². The van der Waals surface area contributed by atoms with Gasteiger partial charge in [0.2, 0.25) is 6.29 Å². The predicted octanol–water partition coefficient (Wildman–Crippen LogP) is -0.341. The van der Waals surface area contributed by atoms with Crippen LogP contribution in [0, 0.1) is 11.8 Å². The number of methoxy groups -OCH3 is 1. The van der Waals surface area contributed by atoms with E-state index in [-0.39, 0.29) is 29.1 Å². The van der Waals surface area contributed by atoms with E-state index in [2.05, 4.69) is 6.58 Å². The summed E-state index contributed by atoms with van der Waals surface area (Å²) in [5, 5.41) is 60.6. The summed E-state index contributed by atoms with van der Waals surface area (Å²) in [6.07, 6.45) is -6.62. The first kappa shape index (κ1) is 28.5. The van der Waals surface area contributed by atoms with Crippen LogP contribution in [0.1, 0.15) is 12.0 Å². The minimum atomic E-state index is -1.74. The number of carbonyl (C=O) groups is 2. The highest BCUT2D eigenvalue weighted by molar-refractivity contribution is 5.87. The first-order valence-corrected chi connectivity index (χ1v) is 12.0. The number of aliphatic carboxylic acids is 1. The molecule has 4 rings (SSSR count). The molecule has 13 nitrogen and oxygen atoms in total. The summed E-state index contributed by atoms with van der Waals surface area (Å²) in [6.45, 7) is 3.30. The number of hydrogen-bond acceptors (Lipinski definition) is 12. The zero-order valence-electron chi connectivity index (χ0n) is 20.8. The normalized spacial score (nSPS) is 34.2. The molecule has 3 aliphatic rings. The molecule has 1 aromatic rings. The number of carbonyl (C=O) groups excluding carboxylic acids is 1. The maximum Gasteiger partial charge on any atom is 0.334 e. The molecule has 2 aliphatic heterocycles. The van der Waals surface area contributed by atoms with Gasteiger partial charge in [0.1, 0.15) is 31.0 Å². The summed E-state index contributed by atoms with van der Waals surface area (Å²) in [5.41, 5.74) is 0.750. The highest BCUT2D eigenvalue weighted by atomic mass is 16.8. The van der Waals surface area contributed by atoms with E-state index in [1.165, 1.54) is 25.3 Å². The van der Waals surface area contributed by atoms with Crippen molar-refractivity contribution in [3.8, 4) is 11.5 Å². The molecule has 9 atom stereocenters. The number of aliphatic hydroxyl groups excluding tert-OH is 4. The first-order valence-electron chi connectivity index (χ1n) is 12.0. The van der Waals surface area contributed by atoms with Gasteiger partial charge in [0.15, 0.2) is 17.8 Å². The van der Waals surface area contributed by atoms with Gasteiger partial charge >= 0.3 is 11.9 Å². The zero-order valence-corrected chi connectivity index (χ0v) is 20.8. The molecule has 39 heavy (non-hydrogen) atoms. The number of rotatable bonds is 8. The number of carboxylic acid groups (broad SMARTS) is 1. The third-order valence-electron chi connectivity index (χ3n) is 6.98. The molecule has 2 heterocycles. The highest BCUT2D eigenvalue weighted by Crippen LogP contribution is 2.46. The summed E-state index contributed by atoms with van der Waals surface area (Å²) in [6, 6.07) is 4.43. The van der Waals surface area contributed by atoms with Crippen LogP contribution in [0.2, 0.25) is 0 Å². The number of carboxylic acids is 1. The van der Waals surface area contributed by atoms with Gasteiger partial charge in [-0.25, -0.2) is 9.59 Å². The highest BCUT2D eigenvalue weighted by Gasteiger charge is 2.52. The van der Waals surface area contributed by atoms with Crippen molar-refractivity contribution in [3.05, 3.63) is 53.8 Å². The van der Waals surface area contributed by atoms with Gasteiger partial charge in [0, 0.05) is 12.0 Å². The Morgan fingerprint density at radius 1 is 1.13 bits per heavy atom. The van der Waals surface area contributed by atoms with E-state index in [1.54, 1.807) is 6.07 Å². The summed E-state index contributed by atoms with van der Waals surface area (Å²) in [5.74, 6) is -3.34. The van der Waals surface area contributed by atoms with Crippen LogP contribution in [-0.4, -0.2) is 99.4 Å². The number of aliphatic hydroxyl groups is 4. The van der Waals surface area contributed by atoms with Crippen LogP contribution in [0.15, 0.2) is 48.3 Å². The average molecular weight is 551 g/mol. The van der Waals surface area contributed by atoms with Crippen LogP contribution in [0.3, 0.4) is 0 Å². The molecular weight excluding hydrogens is 520 g/mol. The van der Waals surface area contributed by atoms with Gasteiger partial charge in [-0.2, -0.15) is 0 Å². The molecule has 1 aromatic carbocycles. The molecule has 0 bridgehead atoms. The number of hydrogen-bond donors (Lipinski definition) is 6. The van der Waals surface area contributed by atoms with Crippen LogP contribution in [0.4, 0.5) is 0 Å². The van der Waals surface area contributed by atoms with Crippen molar-refractivity contribution in [2.24, 2.45) is 11.8 Å². The van der Waals surface area contributed by atoms with Gasteiger partial charge in [-0.05, 0) is 35.8 Å². The lowest BCUT2D eigenvalue weighted by molar-refractivity contribution is -0.339. The molecular formula is C26H30O13. The number of ether oxygens (including phenoxy) is 5. The van der Waals surface area contributed by atoms with E-state index in [0.717, 1.165) is 12.3 Å². The molecule has 1 saturated carbocycles. The Morgan fingerprint density at radius 3 is 2.56 bits per heavy atom. The molecule has 1 saturated heterocycles. The molecule has 6 N–H and O–H groups in total. The van der Waals surface area contributed by atoms with Crippen molar-refractivity contribution >= 4 is 18.0 Å². The second-order valence-electron chi connectivity index (χ2n) is 9.39. The van der Waals surface area contributed by atoms with Crippen LogP contribution in [-0.2, 0) is 28.5 Å². The second-order valence-corrected chi connectivity index (χ2v) is 9.39. The molecule has 0 unspecified atom stereocenters. The van der Waals surface area contributed by atoms with Crippen LogP contribution >= 0.6 is 0 Å². The summed E-state index contributed by atoms with van der Waals surface area (Å²) < 4.78 is 26.9. The minimum absolute atomic E-state index is 0.0679. The van der Waals surface area contributed by atoms with Crippen molar-refractivity contribution in [1.29, 1.82) is 0 Å². The average Bonchev–Trinajstić information content (AvgIpc) is 3.21. The van der Waals surface area contributed by atoms with Gasteiger partial charge in [0.05, 0.1) is 31.0 Å². The van der Waals surface area contributed by atoms with Crippen LogP contribution in [0.5, 0.6) is 11.5 Å². The summed E-state index contributed by atoms with van der Waals surface area (Å²) >= 11 is 0. The zero-order chi connectivity index (χ0) is 28.4. The largest absolute Gasteiger partial charge is 0.504 e. The van der Waals surface area contributed by atoms with Crippen molar-refractivity contribution < 1.29 is 63.9 Å². The lowest BCUT2D eigenvalue weighted by Gasteiger charge is -2.42. The molecule has 2 fully saturated rings.